The molecule has 15 heteroatoms. The lowest BCUT2D eigenvalue weighted by atomic mass is 10.2. The van der Waals surface area contributed by atoms with E-state index in [1.807, 2.05) is 4.72 Å². The molecule has 0 unspecified atom stereocenters. The zero-order chi connectivity index (χ0) is 24.2. The van der Waals surface area contributed by atoms with Crippen LogP contribution in [0.25, 0.3) is 16.6 Å². The molecule has 0 aliphatic heterocycles. The summed E-state index contributed by atoms with van der Waals surface area (Å²) >= 11 is 5.92. The number of halogens is 3. The standard InChI is InChI=1S/C18H15ClF2N8O3S/c1-7-13-9(6-23-18(22)24-13)17(30)29(25-7)14-10(20)4-5-11(12(14)21)27-33(31,32)15-8(2)28(3)26-16(15)19/h4-6,27H,1-3H3,(H2,22,23,24). The fourth-order valence-corrected chi connectivity index (χ4v) is 5.09. The van der Waals surface area contributed by atoms with Crippen molar-refractivity contribution in [3.63, 3.8) is 0 Å². The van der Waals surface area contributed by atoms with Gasteiger partial charge in [0.15, 0.2) is 16.8 Å². The molecule has 0 amide bonds. The van der Waals surface area contributed by atoms with Crippen molar-refractivity contribution in [3.05, 3.63) is 56.9 Å². The van der Waals surface area contributed by atoms with Crippen LogP contribution in [-0.2, 0) is 17.1 Å². The zero-order valence-corrected chi connectivity index (χ0v) is 18.8. The molecule has 33 heavy (non-hydrogen) atoms. The highest BCUT2D eigenvalue weighted by atomic mass is 35.5. The molecule has 0 aliphatic carbocycles. The Bertz CT molecular complexity index is 1620. The zero-order valence-electron chi connectivity index (χ0n) is 17.3. The molecule has 1 aromatic carbocycles. The molecule has 3 aromatic heterocycles. The van der Waals surface area contributed by atoms with Crippen LogP contribution in [-0.4, -0.2) is 37.9 Å². The van der Waals surface area contributed by atoms with Gasteiger partial charge in [-0.1, -0.05) is 11.6 Å². The van der Waals surface area contributed by atoms with Gasteiger partial charge in [-0.3, -0.25) is 14.2 Å². The Kier molecular flexibility index (Phi) is 5.29. The fourth-order valence-electron chi connectivity index (χ4n) is 3.20. The largest absolute Gasteiger partial charge is 0.368 e. The van der Waals surface area contributed by atoms with Gasteiger partial charge in [-0.05, 0) is 26.0 Å². The highest BCUT2D eigenvalue weighted by Gasteiger charge is 2.28. The molecule has 3 heterocycles. The van der Waals surface area contributed by atoms with Crippen molar-refractivity contribution in [2.75, 3.05) is 10.5 Å². The van der Waals surface area contributed by atoms with Gasteiger partial charge in [0.1, 0.15) is 16.1 Å². The summed E-state index contributed by atoms with van der Waals surface area (Å²) in [7, 11) is -2.93. The summed E-state index contributed by atoms with van der Waals surface area (Å²) in [6.45, 7) is 2.91. The van der Waals surface area contributed by atoms with Gasteiger partial charge in [0, 0.05) is 13.2 Å². The molecule has 0 fully saturated rings. The molecular formula is C18H15ClF2N8O3S. The molecule has 0 atom stereocenters. The van der Waals surface area contributed by atoms with Crippen LogP contribution in [0.3, 0.4) is 0 Å². The number of fused-ring (bicyclic) bond motifs is 1. The first kappa shape index (κ1) is 22.5. The number of nitrogens with zero attached hydrogens (tertiary/aromatic N) is 6. The summed E-state index contributed by atoms with van der Waals surface area (Å²) in [6, 6.07) is 1.66. The number of nitrogen functional groups attached to an aromatic ring is 1. The van der Waals surface area contributed by atoms with E-state index in [4.69, 9.17) is 17.3 Å². The van der Waals surface area contributed by atoms with Crippen molar-refractivity contribution >= 4 is 44.2 Å². The monoisotopic (exact) mass is 496 g/mol. The highest BCUT2D eigenvalue weighted by molar-refractivity contribution is 7.92. The number of nitrogens with one attached hydrogen (secondary N) is 1. The van der Waals surface area contributed by atoms with Gasteiger partial charge in [0.05, 0.1) is 22.5 Å². The summed E-state index contributed by atoms with van der Waals surface area (Å²) in [5, 5.41) is 7.33. The molecular weight excluding hydrogens is 482 g/mol. The van der Waals surface area contributed by atoms with Crippen molar-refractivity contribution in [1.29, 1.82) is 0 Å². The van der Waals surface area contributed by atoms with E-state index in [1.165, 1.54) is 25.6 Å². The van der Waals surface area contributed by atoms with Crippen molar-refractivity contribution in [1.82, 2.24) is 29.5 Å². The molecule has 0 saturated carbocycles. The number of hydrogen-bond acceptors (Lipinski definition) is 8. The van der Waals surface area contributed by atoms with Crippen LogP contribution in [0.1, 0.15) is 11.4 Å². The van der Waals surface area contributed by atoms with Gasteiger partial charge < -0.3 is 5.73 Å². The predicted octanol–water partition coefficient (Wildman–Crippen LogP) is 1.84. The Morgan fingerprint density at radius 3 is 2.52 bits per heavy atom. The predicted molar refractivity (Wildman–Crippen MR) is 116 cm³/mol. The average Bonchev–Trinajstić information content (AvgIpc) is 3.00. The van der Waals surface area contributed by atoms with Crippen molar-refractivity contribution in [2.45, 2.75) is 18.7 Å². The van der Waals surface area contributed by atoms with E-state index in [9.17, 15) is 17.6 Å². The summed E-state index contributed by atoms with van der Waals surface area (Å²) < 4.78 is 59.5. The van der Waals surface area contributed by atoms with Crippen LogP contribution in [0.15, 0.2) is 28.0 Å². The quantitative estimate of drug-likeness (QED) is 0.434. The number of aryl methyl sites for hydroxylation is 2. The van der Waals surface area contributed by atoms with Gasteiger partial charge in [-0.15, -0.1) is 0 Å². The minimum atomic E-state index is -4.42. The number of sulfonamides is 1. The van der Waals surface area contributed by atoms with Gasteiger partial charge in [0.2, 0.25) is 5.95 Å². The van der Waals surface area contributed by atoms with Crippen molar-refractivity contribution in [3.8, 4) is 5.69 Å². The summed E-state index contributed by atoms with van der Waals surface area (Å²) in [4.78, 5) is 20.2. The van der Waals surface area contributed by atoms with Gasteiger partial charge >= 0.3 is 0 Å². The topological polar surface area (TPSA) is 151 Å². The number of rotatable bonds is 4. The number of anilines is 2. The first-order valence-electron chi connectivity index (χ1n) is 9.14. The van der Waals surface area contributed by atoms with Gasteiger partial charge in [0.25, 0.3) is 15.6 Å². The molecule has 11 nitrogen and oxygen atoms in total. The Balaban J connectivity index is 1.90. The van der Waals surface area contributed by atoms with Crippen LogP contribution in [0.5, 0.6) is 0 Å². The maximum atomic E-state index is 15.4. The molecule has 0 spiro atoms. The van der Waals surface area contributed by atoms with E-state index in [2.05, 4.69) is 20.2 Å². The van der Waals surface area contributed by atoms with Crippen molar-refractivity contribution < 1.29 is 17.2 Å². The molecule has 0 radical (unpaired) electrons. The number of aromatic nitrogens is 6. The Morgan fingerprint density at radius 1 is 1.18 bits per heavy atom. The second-order valence-corrected chi connectivity index (χ2v) is 8.96. The second-order valence-electron chi connectivity index (χ2n) is 6.98. The van der Waals surface area contributed by atoms with Crippen LogP contribution in [0.4, 0.5) is 20.4 Å². The summed E-state index contributed by atoms with van der Waals surface area (Å²) in [6.07, 6.45) is 1.11. The van der Waals surface area contributed by atoms with E-state index in [0.717, 1.165) is 18.3 Å². The Hall–Kier alpha value is -3.65. The molecule has 3 N–H and O–H groups in total. The minimum absolute atomic E-state index is 0.0840. The average molecular weight is 497 g/mol. The fraction of sp³-hybridized carbons (Fsp3) is 0.167. The van der Waals surface area contributed by atoms with E-state index in [1.54, 1.807) is 0 Å². The van der Waals surface area contributed by atoms with Gasteiger partial charge in [-0.25, -0.2) is 27.2 Å². The molecule has 0 saturated heterocycles. The third-order valence-corrected chi connectivity index (χ3v) is 6.75. The third kappa shape index (κ3) is 3.66. The number of hydrogen-bond donors (Lipinski definition) is 2. The molecule has 0 bridgehead atoms. The smallest absolute Gasteiger partial charge is 0.282 e. The highest BCUT2D eigenvalue weighted by Crippen LogP contribution is 2.29. The van der Waals surface area contributed by atoms with E-state index >= 15 is 4.39 Å². The van der Waals surface area contributed by atoms with E-state index < -0.39 is 38.6 Å². The Labute approximate surface area is 189 Å². The van der Waals surface area contributed by atoms with E-state index in [0.29, 0.717) is 4.68 Å². The normalized spacial score (nSPS) is 11.8. The third-order valence-electron chi connectivity index (χ3n) is 4.85. The lowest BCUT2D eigenvalue weighted by molar-refractivity contribution is 0.555. The molecule has 4 aromatic rings. The first-order valence-corrected chi connectivity index (χ1v) is 11.0. The van der Waals surface area contributed by atoms with Crippen LogP contribution >= 0.6 is 11.6 Å². The number of benzene rings is 1. The maximum absolute atomic E-state index is 15.4. The first-order chi connectivity index (χ1) is 15.4. The summed E-state index contributed by atoms with van der Waals surface area (Å²) in [5.74, 6) is -2.64. The molecule has 0 aliphatic rings. The maximum Gasteiger partial charge on any atom is 0.282 e. The lowest BCUT2D eigenvalue weighted by Crippen LogP contribution is -2.26. The van der Waals surface area contributed by atoms with Crippen molar-refractivity contribution in [2.24, 2.45) is 7.05 Å². The lowest BCUT2D eigenvalue weighted by Gasteiger charge is -2.14. The van der Waals surface area contributed by atoms with Crippen LogP contribution in [0, 0.1) is 25.5 Å². The molecule has 4 rings (SSSR count). The second kappa shape index (κ2) is 7.74. The van der Waals surface area contributed by atoms with Crippen LogP contribution in [0.2, 0.25) is 5.15 Å². The molecule has 172 valence electrons. The van der Waals surface area contributed by atoms with Crippen LogP contribution < -0.4 is 16.0 Å². The summed E-state index contributed by atoms with van der Waals surface area (Å²) in [5.41, 5.74) is 3.52. The Morgan fingerprint density at radius 2 is 1.88 bits per heavy atom. The van der Waals surface area contributed by atoms with Gasteiger partial charge in [-0.2, -0.15) is 14.9 Å². The van der Waals surface area contributed by atoms with E-state index in [-0.39, 0.29) is 38.3 Å². The SMILES string of the molecule is Cc1nn(-c2c(F)ccc(NS(=O)(=O)c3c(Cl)nn(C)c3C)c2F)c(=O)c2cnc(N)nc12. The number of nitrogens with two attached hydrogens (primary N) is 1. The minimum Gasteiger partial charge on any atom is -0.368 e.